The van der Waals surface area contributed by atoms with Crippen LogP contribution in [0.25, 0.3) is 5.69 Å². The van der Waals surface area contributed by atoms with Crippen molar-refractivity contribution in [3.05, 3.63) is 123 Å². The summed E-state index contributed by atoms with van der Waals surface area (Å²) >= 11 is 12.6. The summed E-state index contributed by atoms with van der Waals surface area (Å²) in [4.78, 5) is 7.30. The zero-order valence-electron chi connectivity index (χ0n) is 40.7. The van der Waals surface area contributed by atoms with Gasteiger partial charge in [0.1, 0.15) is 29.8 Å². The maximum Gasteiger partial charge on any atom is 0.159 e. The molecule has 0 radical (unpaired) electrons. The molecule has 4 aromatic rings. The van der Waals surface area contributed by atoms with Gasteiger partial charge in [0.25, 0.3) is 0 Å². The molecule has 10 nitrogen and oxygen atoms in total. The fourth-order valence-electron chi connectivity index (χ4n) is 14.7. The first-order valence-corrected chi connectivity index (χ1v) is 26.8. The largest absolute Gasteiger partial charge is 0.508 e. The van der Waals surface area contributed by atoms with Gasteiger partial charge in [0.15, 0.2) is 5.82 Å². The number of halogens is 2. The molecule has 366 valence electrons. The van der Waals surface area contributed by atoms with Crippen LogP contribution in [0.4, 0.5) is 0 Å². The minimum Gasteiger partial charge on any atom is -0.508 e. The molecular weight excluding hydrogens is 904 g/mol. The Morgan fingerprint density at radius 1 is 0.841 bits per heavy atom. The molecule has 12 rings (SSSR count). The summed E-state index contributed by atoms with van der Waals surface area (Å²) in [5, 5.41) is 51.7. The average molecular weight is 974 g/mol. The van der Waals surface area contributed by atoms with Crippen molar-refractivity contribution in [2.45, 2.75) is 153 Å². The third-order valence-corrected chi connectivity index (χ3v) is 19.2. The standard InChI is InChI=1S/C20H27NO3.C20H31NO.C17H12Cl2N4/c1-18-7-6-14-12(13(18)3-4-15(18)22)5-8-20-17(24-20)16(23)11(10-21)9-19(14,20)2;22-20(18-10-4-1-5-11-18,19-12-6-2-7-13-19)14-17-21-15-8-3-9-16-21;1-10-21-22-16-9-20-17(12-4-2-3-5-14(12)19)13-8-11(18)6-7-15(13)23(10)16/h12-15,17,22-23H,3-9H2,1-2H3;1,4-5,10-11,19,22H,2-3,6-9,12-17H2;2-8H,9H2,1H3/t12-,13-,14-,15-,17+,18-,19+,20+;;/m0../s1. The number of aliphatic hydroxyl groups excluding tert-OH is 2. The Balaban J connectivity index is 0.000000120. The number of piperidine rings is 1. The van der Waals surface area contributed by atoms with Crippen molar-refractivity contribution in [1.29, 1.82) is 5.26 Å². The number of ether oxygens (including phenoxy) is 1. The van der Waals surface area contributed by atoms with Crippen molar-refractivity contribution in [2.75, 3.05) is 19.6 Å². The van der Waals surface area contributed by atoms with Crippen LogP contribution in [0.15, 0.2) is 89.1 Å². The number of aryl methyl sites for hydroxylation is 1. The zero-order valence-corrected chi connectivity index (χ0v) is 42.2. The molecule has 0 amide bonds. The van der Waals surface area contributed by atoms with Gasteiger partial charge in [-0.3, -0.25) is 9.56 Å². The highest BCUT2D eigenvalue weighted by Gasteiger charge is 2.76. The third-order valence-electron chi connectivity index (χ3n) is 18.6. The van der Waals surface area contributed by atoms with Gasteiger partial charge >= 0.3 is 0 Å². The Morgan fingerprint density at radius 2 is 1.58 bits per heavy atom. The second-order valence-electron chi connectivity index (χ2n) is 22.1. The fourth-order valence-corrected chi connectivity index (χ4v) is 15.1. The number of aliphatic hydroxyl groups is 3. The molecule has 69 heavy (non-hydrogen) atoms. The number of aliphatic imine (C=N–C) groups is 1. The summed E-state index contributed by atoms with van der Waals surface area (Å²) in [5.74, 6) is 4.02. The number of aromatic nitrogens is 3. The van der Waals surface area contributed by atoms with Gasteiger partial charge in [-0.1, -0.05) is 111 Å². The van der Waals surface area contributed by atoms with E-state index in [0.29, 0.717) is 52.3 Å². The van der Waals surface area contributed by atoms with Crippen molar-refractivity contribution in [3.8, 4) is 11.8 Å². The second-order valence-corrected chi connectivity index (χ2v) is 22.9. The first kappa shape index (κ1) is 48.5. The summed E-state index contributed by atoms with van der Waals surface area (Å²) in [6.07, 6.45) is 17.8. The van der Waals surface area contributed by atoms with Crippen LogP contribution in [0.5, 0.6) is 0 Å². The lowest BCUT2D eigenvalue weighted by Crippen LogP contribution is -2.57. The van der Waals surface area contributed by atoms with E-state index in [0.717, 1.165) is 91.2 Å². The van der Waals surface area contributed by atoms with Gasteiger partial charge in [0, 0.05) is 33.1 Å². The predicted octanol–water partition coefficient (Wildman–Crippen LogP) is 12.0. The van der Waals surface area contributed by atoms with Gasteiger partial charge in [0.05, 0.1) is 34.7 Å². The highest BCUT2D eigenvalue weighted by atomic mass is 35.5. The summed E-state index contributed by atoms with van der Waals surface area (Å²) < 4.78 is 8.13. The maximum atomic E-state index is 11.6. The molecule has 5 aliphatic carbocycles. The van der Waals surface area contributed by atoms with Crippen LogP contribution in [-0.4, -0.2) is 78.1 Å². The smallest absolute Gasteiger partial charge is 0.159 e. The number of benzene rings is 3. The fraction of sp³-hybridized carbons (Fsp3) is 0.579. The molecule has 9 atom stereocenters. The summed E-state index contributed by atoms with van der Waals surface area (Å²) in [6, 6.07) is 26.1. The van der Waals surface area contributed by atoms with Crippen LogP contribution in [0.3, 0.4) is 0 Å². The number of hydrogen-bond donors (Lipinski definition) is 3. The molecule has 4 saturated carbocycles. The van der Waals surface area contributed by atoms with Crippen LogP contribution < -0.4 is 0 Å². The summed E-state index contributed by atoms with van der Waals surface area (Å²) in [5.41, 5.74) is 4.43. The van der Waals surface area contributed by atoms with Crippen molar-refractivity contribution in [3.63, 3.8) is 0 Å². The number of allylic oxidation sites excluding steroid dienone is 1. The number of rotatable bonds is 6. The van der Waals surface area contributed by atoms with Crippen LogP contribution in [0.1, 0.15) is 145 Å². The molecule has 1 aromatic heterocycles. The normalized spacial score (nSPS) is 32.3. The van der Waals surface area contributed by atoms with Gasteiger partial charge in [-0.15, -0.1) is 10.2 Å². The van der Waals surface area contributed by atoms with E-state index in [2.05, 4.69) is 65.3 Å². The molecule has 2 saturated heterocycles. The Kier molecular flexibility index (Phi) is 13.7. The Hall–Kier alpha value is -4.08. The lowest BCUT2D eigenvalue weighted by Gasteiger charge is -2.58. The molecule has 3 aliphatic heterocycles. The van der Waals surface area contributed by atoms with E-state index in [1.807, 2.05) is 54.0 Å². The SMILES string of the molecule is C[C@]12CC[C@H]3[C@@H](CC[C@@]45O[C@@H]4C(O)=C(C#N)C[C@]35C)[C@@H]1CC[C@@H]2O.Cc1nnc2n1-c1ccc(Cl)cc1C(c1ccccc1Cl)=NC2.OC(CCN1CCCCC1)(c1ccccc1)C1CCCCC1. The van der Waals surface area contributed by atoms with Gasteiger partial charge in [0.2, 0.25) is 0 Å². The first-order valence-electron chi connectivity index (χ1n) is 26.0. The van der Waals surface area contributed by atoms with Gasteiger partial charge in [-0.2, -0.15) is 5.26 Å². The van der Waals surface area contributed by atoms with Gasteiger partial charge in [-0.05, 0) is 156 Å². The molecule has 1 unspecified atom stereocenters. The van der Waals surface area contributed by atoms with E-state index < -0.39 is 5.60 Å². The predicted molar refractivity (Wildman–Crippen MR) is 272 cm³/mol. The molecule has 12 heteroatoms. The van der Waals surface area contributed by atoms with Gasteiger partial charge < -0.3 is 25.0 Å². The lowest BCUT2D eigenvalue weighted by molar-refractivity contribution is -0.116. The van der Waals surface area contributed by atoms with Crippen LogP contribution in [0, 0.1) is 52.8 Å². The quantitative estimate of drug-likeness (QED) is 0.162. The minimum absolute atomic E-state index is 0.0489. The van der Waals surface area contributed by atoms with Crippen LogP contribution >= 0.6 is 23.2 Å². The Labute approximate surface area is 418 Å². The van der Waals surface area contributed by atoms with Crippen molar-refractivity contribution >= 4 is 28.9 Å². The number of nitrogens with zero attached hydrogens (tertiary/aromatic N) is 6. The van der Waals surface area contributed by atoms with E-state index in [4.69, 9.17) is 32.9 Å². The Morgan fingerprint density at radius 3 is 2.33 bits per heavy atom. The zero-order chi connectivity index (χ0) is 48.1. The number of likely N-dealkylation sites (tertiary alicyclic amines) is 1. The van der Waals surface area contributed by atoms with Crippen molar-refractivity contribution < 1.29 is 20.1 Å². The molecule has 8 aliphatic rings. The monoisotopic (exact) mass is 972 g/mol. The van der Waals surface area contributed by atoms with E-state index in [-0.39, 0.29) is 34.4 Å². The van der Waals surface area contributed by atoms with E-state index in [1.54, 1.807) is 0 Å². The molecule has 3 N–H and O–H groups in total. The highest BCUT2D eigenvalue weighted by Crippen LogP contribution is 2.73. The van der Waals surface area contributed by atoms with E-state index >= 15 is 0 Å². The highest BCUT2D eigenvalue weighted by molar-refractivity contribution is 6.36. The average Bonchev–Trinajstić information content (AvgIpc) is 3.96. The minimum atomic E-state index is -0.626. The Bertz CT molecular complexity index is 2620. The van der Waals surface area contributed by atoms with Crippen molar-refractivity contribution in [2.24, 2.45) is 39.5 Å². The second kappa shape index (κ2) is 19.5. The topological polar surface area (TPSA) is 143 Å². The number of fused-ring (bicyclic) bond motifs is 7. The molecular formula is C57H70Cl2N6O4. The van der Waals surface area contributed by atoms with E-state index in [9.17, 15) is 20.6 Å². The van der Waals surface area contributed by atoms with Gasteiger partial charge in [-0.25, -0.2) is 0 Å². The molecule has 0 bridgehead atoms. The summed E-state index contributed by atoms with van der Waals surface area (Å²) in [6.45, 7) is 10.4. The number of hydrogen-bond acceptors (Lipinski definition) is 9. The number of epoxide rings is 1. The molecule has 6 fully saturated rings. The summed E-state index contributed by atoms with van der Waals surface area (Å²) in [7, 11) is 0. The molecule has 1 spiro atoms. The van der Waals surface area contributed by atoms with Crippen LogP contribution in [-0.2, 0) is 16.9 Å². The lowest BCUT2D eigenvalue weighted by atomic mass is 9.45. The van der Waals surface area contributed by atoms with Crippen molar-refractivity contribution in [1.82, 2.24) is 19.7 Å². The molecule has 4 heterocycles. The first-order chi connectivity index (χ1) is 33.3. The maximum absolute atomic E-state index is 11.6. The third kappa shape index (κ3) is 8.69. The molecule has 3 aromatic carbocycles. The van der Waals surface area contributed by atoms with Crippen LogP contribution in [0.2, 0.25) is 10.0 Å². The number of nitriles is 1. The van der Waals surface area contributed by atoms with E-state index in [1.165, 1.54) is 64.5 Å².